The van der Waals surface area contributed by atoms with Gasteiger partial charge in [0.2, 0.25) is 10.0 Å². The highest BCUT2D eigenvalue weighted by atomic mass is 35.5. The molecular formula is C19H21Cl2NO7S. The monoisotopic (exact) mass is 477 g/mol. The molecule has 2 rings (SSSR count). The van der Waals surface area contributed by atoms with Crippen LogP contribution in [0.3, 0.4) is 0 Å². The van der Waals surface area contributed by atoms with Gasteiger partial charge < -0.3 is 19.7 Å². The molecular weight excluding hydrogens is 457 g/mol. The van der Waals surface area contributed by atoms with E-state index in [1.54, 1.807) is 18.2 Å². The Labute approximate surface area is 184 Å². The summed E-state index contributed by atoms with van der Waals surface area (Å²) in [5.41, 5.74) is 0.747. The summed E-state index contributed by atoms with van der Waals surface area (Å²) in [5.74, 6) is -0.800. The Morgan fingerprint density at radius 3 is 2.33 bits per heavy atom. The van der Waals surface area contributed by atoms with Crippen molar-refractivity contribution in [3.05, 3.63) is 45.9 Å². The average Bonchev–Trinajstić information content (AvgIpc) is 2.69. The molecule has 2 N–H and O–H groups in total. The van der Waals surface area contributed by atoms with E-state index in [1.807, 2.05) is 0 Å². The van der Waals surface area contributed by atoms with Crippen molar-refractivity contribution in [2.45, 2.75) is 17.7 Å². The van der Waals surface area contributed by atoms with Crippen LogP contribution in [0.4, 0.5) is 0 Å². The number of aliphatic carboxylic acids is 1. The van der Waals surface area contributed by atoms with Gasteiger partial charge in [0.1, 0.15) is 4.90 Å². The first-order valence-corrected chi connectivity index (χ1v) is 10.9. The molecule has 0 aliphatic rings. The molecule has 2 aromatic rings. The van der Waals surface area contributed by atoms with Crippen molar-refractivity contribution < 1.29 is 32.9 Å². The van der Waals surface area contributed by atoms with Gasteiger partial charge in [0.05, 0.1) is 25.7 Å². The van der Waals surface area contributed by atoms with E-state index in [9.17, 15) is 18.3 Å². The van der Waals surface area contributed by atoms with Crippen LogP contribution in [-0.4, -0.2) is 56.2 Å². The molecule has 164 valence electrons. The number of rotatable bonds is 10. The zero-order valence-corrected chi connectivity index (χ0v) is 18.6. The van der Waals surface area contributed by atoms with Crippen molar-refractivity contribution in [1.29, 1.82) is 0 Å². The second-order valence-electron chi connectivity index (χ2n) is 6.22. The molecule has 8 nitrogen and oxygen atoms in total. The van der Waals surface area contributed by atoms with Crippen LogP contribution in [0.2, 0.25) is 10.0 Å². The molecule has 30 heavy (non-hydrogen) atoms. The zero-order chi connectivity index (χ0) is 22.5. The molecule has 0 amide bonds. The van der Waals surface area contributed by atoms with Crippen LogP contribution < -0.4 is 9.47 Å². The Morgan fingerprint density at radius 1 is 1.07 bits per heavy atom. The number of halogens is 2. The van der Waals surface area contributed by atoms with E-state index >= 15 is 0 Å². The fourth-order valence-electron chi connectivity index (χ4n) is 2.74. The predicted octanol–water partition coefficient (Wildman–Crippen LogP) is 3.42. The fraction of sp³-hybridized carbons (Fsp3) is 0.316. The minimum Gasteiger partial charge on any atom is -0.505 e. The number of carboxylic acids is 1. The lowest BCUT2D eigenvalue weighted by Crippen LogP contribution is -2.35. The van der Waals surface area contributed by atoms with Gasteiger partial charge in [-0.1, -0.05) is 29.3 Å². The van der Waals surface area contributed by atoms with Gasteiger partial charge in [-0.15, -0.1) is 0 Å². The minimum absolute atomic E-state index is 0.0226. The maximum absolute atomic E-state index is 13.1. The molecule has 0 saturated carbocycles. The summed E-state index contributed by atoms with van der Waals surface area (Å²) in [6, 6.07) is 7.42. The van der Waals surface area contributed by atoms with Crippen LogP contribution in [0.5, 0.6) is 17.2 Å². The number of carbonyl (C=O) groups is 1. The zero-order valence-electron chi connectivity index (χ0n) is 16.3. The number of carboxylic acid groups (broad SMARTS) is 1. The van der Waals surface area contributed by atoms with E-state index in [2.05, 4.69) is 0 Å². The highest BCUT2D eigenvalue weighted by Gasteiger charge is 2.29. The quantitative estimate of drug-likeness (QED) is 0.538. The second-order valence-corrected chi connectivity index (χ2v) is 8.97. The van der Waals surface area contributed by atoms with E-state index in [0.717, 1.165) is 15.9 Å². The van der Waals surface area contributed by atoms with Gasteiger partial charge in [0, 0.05) is 18.1 Å². The number of aromatic hydroxyl groups is 1. The van der Waals surface area contributed by atoms with Crippen molar-refractivity contribution in [2.75, 3.05) is 27.3 Å². The van der Waals surface area contributed by atoms with Crippen molar-refractivity contribution >= 4 is 39.2 Å². The molecule has 0 fully saturated rings. The van der Waals surface area contributed by atoms with Crippen LogP contribution in [0, 0.1) is 0 Å². The molecule has 11 heteroatoms. The second kappa shape index (κ2) is 10.2. The van der Waals surface area contributed by atoms with Crippen molar-refractivity contribution in [1.82, 2.24) is 4.31 Å². The van der Waals surface area contributed by atoms with Crippen molar-refractivity contribution in [3.8, 4) is 17.2 Å². The van der Waals surface area contributed by atoms with Crippen LogP contribution in [0.1, 0.15) is 12.0 Å². The highest BCUT2D eigenvalue weighted by Crippen LogP contribution is 2.36. The van der Waals surface area contributed by atoms with Crippen LogP contribution in [0.15, 0.2) is 35.2 Å². The largest absolute Gasteiger partial charge is 0.505 e. The Bertz CT molecular complexity index is 1030. The molecule has 0 unspecified atom stereocenters. The van der Waals surface area contributed by atoms with Crippen LogP contribution >= 0.6 is 23.2 Å². The number of methoxy groups -OCH3 is 2. The molecule has 0 radical (unpaired) electrons. The van der Waals surface area contributed by atoms with E-state index in [0.29, 0.717) is 11.5 Å². The lowest BCUT2D eigenvalue weighted by atomic mass is 10.1. The molecule has 0 saturated heterocycles. The number of nitrogens with zero attached hydrogens (tertiary/aromatic N) is 1. The van der Waals surface area contributed by atoms with E-state index in [4.69, 9.17) is 37.8 Å². The lowest BCUT2D eigenvalue weighted by molar-refractivity contribution is -0.137. The van der Waals surface area contributed by atoms with Gasteiger partial charge in [-0.05, 0) is 36.2 Å². The maximum atomic E-state index is 13.1. The first-order valence-electron chi connectivity index (χ1n) is 8.71. The Hall–Kier alpha value is -2.20. The smallest absolute Gasteiger partial charge is 0.304 e. The Balaban J connectivity index is 2.35. The predicted molar refractivity (Wildman–Crippen MR) is 112 cm³/mol. The maximum Gasteiger partial charge on any atom is 0.304 e. The molecule has 0 aliphatic heterocycles. The van der Waals surface area contributed by atoms with Gasteiger partial charge in [0.15, 0.2) is 17.2 Å². The number of sulfonamides is 1. The van der Waals surface area contributed by atoms with Gasteiger partial charge in [0.25, 0.3) is 0 Å². The van der Waals surface area contributed by atoms with Crippen molar-refractivity contribution in [2.24, 2.45) is 0 Å². The fourth-order valence-corrected chi connectivity index (χ4v) is 4.93. The van der Waals surface area contributed by atoms with E-state index < -0.39 is 33.1 Å². The third kappa shape index (κ3) is 5.69. The van der Waals surface area contributed by atoms with E-state index in [-0.39, 0.29) is 29.6 Å². The van der Waals surface area contributed by atoms with E-state index in [1.165, 1.54) is 20.3 Å². The van der Waals surface area contributed by atoms with Gasteiger partial charge >= 0.3 is 5.97 Å². The summed E-state index contributed by atoms with van der Waals surface area (Å²) in [4.78, 5) is 10.5. The first kappa shape index (κ1) is 24.1. The topological polar surface area (TPSA) is 113 Å². The summed E-state index contributed by atoms with van der Waals surface area (Å²) in [7, 11) is -1.29. The average molecular weight is 478 g/mol. The minimum atomic E-state index is -4.28. The summed E-state index contributed by atoms with van der Waals surface area (Å²) in [6.45, 7) is -0.344. The Morgan fingerprint density at radius 2 is 1.73 bits per heavy atom. The summed E-state index contributed by atoms with van der Waals surface area (Å²) < 4.78 is 37.6. The third-order valence-corrected chi connectivity index (χ3v) is 6.70. The molecule has 0 aromatic heterocycles. The molecule has 0 heterocycles. The number of phenols is 1. The highest BCUT2D eigenvalue weighted by molar-refractivity contribution is 7.89. The standard InChI is InChI=1S/C19H21Cl2NO7S/c1-28-15-4-3-12(9-16(15)29-2)5-7-22(8-6-18(23)24)30(26,27)17-11-13(20)10-14(21)19(17)25/h3-4,9-11,25H,5-8H2,1-2H3,(H,23,24). The summed E-state index contributed by atoms with van der Waals surface area (Å²) in [5, 5.41) is 19.0. The van der Waals surface area contributed by atoms with Crippen LogP contribution in [-0.2, 0) is 21.2 Å². The molecule has 0 bridgehead atoms. The molecule has 0 aliphatic carbocycles. The summed E-state index contributed by atoms with van der Waals surface area (Å²) >= 11 is 11.8. The number of phenolic OH excluding ortho intramolecular Hbond substituents is 1. The number of benzene rings is 2. The third-order valence-electron chi connectivity index (χ3n) is 4.28. The number of hydrogen-bond donors (Lipinski definition) is 2. The van der Waals surface area contributed by atoms with Crippen molar-refractivity contribution in [3.63, 3.8) is 0 Å². The van der Waals surface area contributed by atoms with Gasteiger partial charge in [-0.2, -0.15) is 4.31 Å². The van der Waals surface area contributed by atoms with Crippen LogP contribution in [0.25, 0.3) is 0 Å². The molecule has 2 aromatic carbocycles. The normalized spacial score (nSPS) is 11.5. The molecule has 0 atom stereocenters. The number of hydrogen-bond acceptors (Lipinski definition) is 6. The van der Waals surface area contributed by atoms with Gasteiger partial charge in [-0.3, -0.25) is 4.79 Å². The molecule has 0 spiro atoms. The SMILES string of the molecule is COc1ccc(CCN(CCC(=O)O)S(=O)(=O)c2cc(Cl)cc(Cl)c2O)cc1OC. The first-order chi connectivity index (χ1) is 14.1. The lowest BCUT2D eigenvalue weighted by Gasteiger charge is -2.22. The summed E-state index contributed by atoms with van der Waals surface area (Å²) in [6.07, 6.45) is -0.158. The Kier molecular flexibility index (Phi) is 8.19. The van der Waals surface area contributed by atoms with Gasteiger partial charge in [-0.25, -0.2) is 8.42 Å². The number of ether oxygens (including phenoxy) is 2.